The van der Waals surface area contributed by atoms with Crippen LogP contribution in [0, 0.1) is 12.3 Å². The van der Waals surface area contributed by atoms with Crippen molar-refractivity contribution in [2.24, 2.45) is 5.41 Å². The normalized spacial score (nSPS) is 19.6. The fourth-order valence-electron chi connectivity index (χ4n) is 7.17. The molecule has 1 aliphatic carbocycles. The Morgan fingerprint density at radius 3 is 2.28 bits per heavy atom. The first-order valence-electron chi connectivity index (χ1n) is 17.5. The first kappa shape index (κ1) is 34.9. The highest BCUT2D eigenvalue weighted by Crippen LogP contribution is 2.46. The number of Topliss-reactive ketones (excluding diaryl/α,β-unsaturated/α-hetero) is 1. The van der Waals surface area contributed by atoms with Gasteiger partial charge in [0.15, 0.2) is 5.79 Å². The monoisotopic (exact) mass is 633 g/mol. The summed E-state index contributed by atoms with van der Waals surface area (Å²) in [5.74, 6) is -0.255. The van der Waals surface area contributed by atoms with Crippen molar-refractivity contribution in [3.63, 3.8) is 0 Å². The van der Waals surface area contributed by atoms with Crippen molar-refractivity contribution in [3.8, 4) is 22.4 Å². The van der Waals surface area contributed by atoms with Gasteiger partial charge in [-0.3, -0.25) is 4.79 Å². The van der Waals surface area contributed by atoms with E-state index in [1.54, 1.807) is 0 Å². The van der Waals surface area contributed by atoms with Crippen molar-refractivity contribution in [3.05, 3.63) is 102 Å². The molecule has 0 radical (unpaired) electrons. The molecule has 1 aromatic heterocycles. The Labute approximate surface area is 283 Å². The molecule has 5 rings (SSSR count). The van der Waals surface area contributed by atoms with Crippen LogP contribution in [0.3, 0.4) is 0 Å². The van der Waals surface area contributed by atoms with E-state index in [1.807, 2.05) is 34.6 Å². The summed E-state index contributed by atoms with van der Waals surface area (Å²) in [5, 5.41) is 0. The molecule has 3 aromatic rings. The molecule has 2 heterocycles. The van der Waals surface area contributed by atoms with Crippen molar-refractivity contribution >= 4 is 11.4 Å². The maximum absolute atomic E-state index is 13.0. The van der Waals surface area contributed by atoms with Gasteiger partial charge < -0.3 is 14.0 Å². The van der Waals surface area contributed by atoms with Crippen LogP contribution in [0.2, 0.25) is 0 Å². The second-order valence-electron chi connectivity index (χ2n) is 15.3. The smallest absolute Gasteiger partial charge is 0.163 e. The Kier molecular flexibility index (Phi) is 10.6. The van der Waals surface area contributed by atoms with Crippen LogP contribution in [0.25, 0.3) is 28.0 Å². The van der Waals surface area contributed by atoms with Gasteiger partial charge in [-0.05, 0) is 74.6 Å². The molecular formula is C43H55NO3. The van der Waals surface area contributed by atoms with Crippen molar-refractivity contribution in [1.29, 1.82) is 0 Å². The topological polar surface area (TPSA) is 40.5 Å². The van der Waals surface area contributed by atoms with Gasteiger partial charge in [-0.15, -0.1) is 0 Å². The highest BCUT2D eigenvalue weighted by molar-refractivity contribution is 5.93. The molecule has 1 fully saturated rings. The van der Waals surface area contributed by atoms with E-state index in [2.05, 4.69) is 98.2 Å². The lowest BCUT2D eigenvalue weighted by atomic mass is 9.86. The largest absolute Gasteiger partial charge is 0.347 e. The first-order valence-corrected chi connectivity index (χ1v) is 17.5. The zero-order valence-corrected chi connectivity index (χ0v) is 30.0. The zero-order valence-electron chi connectivity index (χ0n) is 30.0. The summed E-state index contributed by atoms with van der Waals surface area (Å²) in [6.07, 6.45) is 11.7. The maximum Gasteiger partial charge on any atom is 0.163 e. The number of allylic oxidation sites excluding steroid dienone is 5. The fraction of sp³-hybridized carbons (Fsp3) is 0.465. The Balaban J connectivity index is 1.61. The number of carbonyl (C=O) groups is 1. The van der Waals surface area contributed by atoms with Gasteiger partial charge in [0, 0.05) is 41.6 Å². The number of hydrogen-bond acceptors (Lipinski definition) is 3. The lowest BCUT2D eigenvalue weighted by molar-refractivity contribution is -0.300. The van der Waals surface area contributed by atoms with E-state index in [0.717, 1.165) is 37.8 Å². The van der Waals surface area contributed by atoms with E-state index in [4.69, 9.17) is 16.1 Å². The van der Waals surface area contributed by atoms with E-state index in [1.165, 1.54) is 44.8 Å². The minimum absolute atomic E-state index is 0.0332. The number of ether oxygens (including phenoxy) is 2. The van der Waals surface area contributed by atoms with E-state index in [9.17, 15) is 4.79 Å². The van der Waals surface area contributed by atoms with Gasteiger partial charge in [0.05, 0.1) is 17.9 Å². The van der Waals surface area contributed by atoms with Gasteiger partial charge in [-0.1, -0.05) is 120 Å². The number of aromatic nitrogens is 1. The molecule has 4 heteroatoms. The third-order valence-corrected chi connectivity index (χ3v) is 9.43. The van der Waals surface area contributed by atoms with Gasteiger partial charge in [0.25, 0.3) is 0 Å². The molecule has 0 bridgehead atoms. The van der Waals surface area contributed by atoms with Crippen LogP contribution in [0.4, 0.5) is 0 Å². The molecule has 0 N–H and O–H groups in total. The Morgan fingerprint density at radius 2 is 1.66 bits per heavy atom. The Hall–Kier alpha value is -3.47. The summed E-state index contributed by atoms with van der Waals surface area (Å²) in [6.45, 7) is 22.2. The lowest BCUT2D eigenvalue weighted by Crippen LogP contribution is -2.46. The summed E-state index contributed by atoms with van der Waals surface area (Å²) < 4.78 is 15.4. The summed E-state index contributed by atoms with van der Waals surface area (Å²) in [5.41, 5.74) is 10.8. The number of carbonyl (C=O) groups excluding carboxylic acids is 1. The van der Waals surface area contributed by atoms with Gasteiger partial charge in [0.1, 0.15) is 5.78 Å². The number of benzene rings is 2. The molecule has 2 atom stereocenters. The molecule has 0 amide bonds. The van der Waals surface area contributed by atoms with E-state index >= 15 is 0 Å². The molecule has 1 aliphatic heterocycles. The molecule has 4 nitrogen and oxygen atoms in total. The van der Waals surface area contributed by atoms with Crippen molar-refractivity contribution in [2.45, 2.75) is 124 Å². The highest BCUT2D eigenvalue weighted by atomic mass is 16.7. The van der Waals surface area contributed by atoms with Crippen LogP contribution in [0.5, 0.6) is 0 Å². The molecule has 2 aromatic carbocycles. The number of aryl methyl sites for hydroxylation is 1. The van der Waals surface area contributed by atoms with Crippen molar-refractivity contribution in [1.82, 2.24) is 4.57 Å². The minimum Gasteiger partial charge on any atom is -0.347 e. The Bertz CT molecular complexity index is 1630. The van der Waals surface area contributed by atoms with Crippen LogP contribution in [-0.2, 0) is 20.8 Å². The molecule has 1 saturated heterocycles. The average Bonchev–Trinajstić information content (AvgIpc) is 3.36. The SMILES string of the molecule is C=C(CC1=CCCC=C1)c1c(-c2ccccc2)c(-c2ccc(C)cc2)n(CCC2CC(CC(=O)C(C)(C)C)OC(C)(C)O2)c1C(C)C. The maximum atomic E-state index is 13.0. The second-order valence-corrected chi connectivity index (χ2v) is 15.3. The molecular weight excluding hydrogens is 578 g/mol. The third kappa shape index (κ3) is 8.34. The van der Waals surface area contributed by atoms with Crippen molar-refractivity contribution in [2.75, 3.05) is 0 Å². The van der Waals surface area contributed by atoms with Crippen LogP contribution in [0.15, 0.2) is 85.0 Å². The number of rotatable bonds is 11. The second kappa shape index (κ2) is 14.3. The summed E-state index contributed by atoms with van der Waals surface area (Å²) in [4.78, 5) is 13.0. The Morgan fingerprint density at radius 1 is 0.979 bits per heavy atom. The molecule has 2 aliphatic rings. The van der Waals surface area contributed by atoms with E-state index in [-0.39, 0.29) is 23.9 Å². The van der Waals surface area contributed by atoms with Crippen LogP contribution >= 0.6 is 0 Å². The van der Waals surface area contributed by atoms with Crippen LogP contribution < -0.4 is 0 Å². The van der Waals surface area contributed by atoms with Gasteiger partial charge >= 0.3 is 0 Å². The highest BCUT2D eigenvalue weighted by Gasteiger charge is 2.38. The first-order chi connectivity index (χ1) is 22.2. The van der Waals surface area contributed by atoms with Gasteiger partial charge in [-0.25, -0.2) is 0 Å². The zero-order chi connectivity index (χ0) is 33.9. The van der Waals surface area contributed by atoms with Crippen LogP contribution in [0.1, 0.15) is 110 Å². The lowest BCUT2D eigenvalue weighted by Gasteiger charge is -2.41. The summed E-state index contributed by atoms with van der Waals surface area (Å²) in [7, 11) is 0. The summed E-state index contributed by atoms with van der Waals surface area (Å²) in [6, 6.07) is 19.8. The number of nitrogens with zero attached hydrogens (tertiary/aromatic N) is 1. The van der Waals surface area contributed by atoms with E-state index in [0.29, 0.717) is 12.8 Å². The van der Waals surface area contributed by atoms with Gasteiger partial charge in [-0.2, -0.15) is 0 Å². The average molecular weight is 634 g/mol. The predicted molar refractivity (Wildman–Crippen MR) is 196 cm³/mol. The molecule has 2 unspecified atom stereocenters. The summed E-state index contributed by atoms with van der Waals surface area (Å²) >= 11 is 0. The number of ketones is 1. The molecule has 0 spiro atoms. The minimum atomic E-state index is -0.751. The molecule has 0 saturated carbocycles. The number of hydrogen-bond donors (Lipinski definition) is 0. The van der Waals surface area contributed by atoms with Crippen molar-refractivity contribution < 1.29 is 14.3 Å². The fourth-order valence-corrected chi connectivity index (χ4v) is 7.17. The van der Waals surface area contributed by atoms with E-state index < -0.39 is 11.2 Å². The van der Waals surface area contributed by atoms with Gasteiger partial charge in [0.2, 0.25) is 0 Å². The third-order valence-electron chi connectivity index (χ3n) is 9.43. The quantitative estimate of drug-likeness (QED) is 0.211. The molecule has 250 valence electrons. The standard InChI is InChI=1S/C43H55NO3/c1-29(2)40-38(31(4)26-32-16-12-10-13-17-32)39(33-18-14-11-15-19-33)41(34-22-20-30(3)21-23-34)44(40)25-24-35-27-36(47-43(8,9)46-35)28-37(45)42(5,6)7/h11-12,14-23,29,35-36H,4,10,13,24-28H2,1-3,5-9H3. The predicted octanol–water partition coefficient (Wildman–Crippen LogP) is 11.2. The van der Waals surface area contributed by atoms with Crippen LogP contribution in [-0.4, -0.2) is 28.3 Å². The molecule has 47 heavy (non-hydrogen) atoms.